The molecule has 162 valence electrons. The maximum absolute atomic E-state index is 13.4. The van der Waals surface area contributed by atoms with Crippen LogP contribution in [-0.2, 0) is 19.3 Å². The molecule has 3 N–H and O–H groups in total. The van der Waals surface area contributed by atoms with Gasteiger partial charge < -0.3 is 15.7 Å². The number of hydrogen-bond acceptors (Lipinski definition) is 3. The van der Waals surface area contributed by atoms with Gasteiger partial charge in [-0.1, -0.05) is 18.2 Å². The Morgan fingerprint density at radius 3 is 2.50 bits per heavy atom. The summed E-state index contributed by atoms with van der Waals surface area (Å²) in [6.07, 6.45) is -3.45. The number of alkyl halides is 3. The molecular weight excluding hydrogens is 400 g/mol. The Morgan fingerprint density at radius 2 is 1.87 bits per heavy atom. The Balaban J connectivity index is 1.47. The number of guanidine groups is 1. The van der Waals surface area contributed by atoms with Gasteiger partial charge >= 0.3 is 6.18 Å². The largest absolute Gasteiger partial charge is 0.505 e. The van der Waals surface area contributed by atoms with Crippen LogP contribution < -0.4 is 10.6 Å². The van der Waals surface area contributed by atoms with Crippen molar-refractivity contribution in [3.63, 3.8) is 0 Å². The average molecular weight is 424 g/mol. The maximum Gasteiger partial charge on any atom is 0.416 e. The first-order valence-corrected chi connectivity index (χ1v) is 9.57. The van der Waals surface area contributed by atoms with Gasteiger partial charge in [-0.05, 0) is 41.8 Å². The van der Waals surface area contributed by atoms with E-state index in [0.29, 0.717) is 24.6 Å². The van der Waals surface area contributed by atoms with E-state index < -0.39 is 17.6 Å². The lowest BCUT2D eigenvalue weighted by molar-refractivity contribution is -0.137. The lowest BCUT2D eigenvalue weighted by Crippen LogP contribution is -2.44. The highest BCUT2D eigenvalue weighted by Gasteiger charge is 2.30. The summed E-state index contributed by atoms with van der Waals surface area (Å²) < 4.78 is 51.5. The highest BCUT2D eigenvalue weighted by Crippen LogP contribution is 2.29. The number of hydrogen-bond donors (Lipinski definition) is 3. The lowest BCUT2D eigenvalue weighted by Gasteiger charge is -2.19. The molecule has 2 aromatic rings. The van der Waals surface area contributed by atoms with E-state index in [2.05, 4.69) is 20.5 Å². The number of nitrogens with zero attached hydrogens (tertiary/aromatic N) is 2. The minimum atomic E-state index is -4.32. The topological polar surface area (TPSA) is 59.9 Å². The zero-order valence-corrected chi connectivity index (χ0v) is 16.5. The molecule has 0 aromatic heterocycles. The molecule has 0 saturated carbocycles. The first-order chi connectivity index (χ1) is 14.2. The fraction of sp³-hybridized carbons (Fsp3) is 0.381. The SMILES string of the molecule is CN=C(NCc1ccc(O)c(F)c1)NC1CCN(Cc2ccc(C(F)(F)F)cc2)C1. The second kappa shape index (κ2) is 9.34. The van der Waals surface area contributed by atoms with Gasteiger partial charge in [-0.15, -0.1) is 0 Å². The molecule has 1 aliphatic rings. The molecule has 1 unspecified atom stereocenters. The Labute approximate surface area is 172 Å². The van der Waals surface area contributed by atoms with Crippen LogP contribution in [0.3, 0.4) is 0 Å². The van der Waals surface area contributed by atoms with Crippen molar-refractivity contribution in [2.75, 3.05) is 20.1 Å². The molecule has 1 saturated heterocycles. The zero-order valence-electron chi connectivity index (χ0n) is 16.5. The molecule has 1 heterocycles. The van der Waals surface area contributed by atoms with Crippen molar-refractivity contribution in [1.82, 2.24) is 15.5 Å². The molecule has 0 spiro atoms. The Hall–Kier alpha value is -2.81. The van der Waals surface area contributed by atoms with Crippen molar-refractivity contribution >= 4 is 5.96 Å². The van der Waals surface area contributed by atoms with Gasteiger partial charge in [0.25, 0.3) is 0 Å². The molecule has 1 atom stereocenters. The van der Waals surface area contributed by atoms with Crippen molar-refractivity contribution < 1.29 is 22.7 Å². The molecule has 9 heteroatoms. The molecule has 0 bridgehead atoms. The number of nitrogens with one attached hydrogen (secondary N) is 2. The average Bonchev–Trinajstić information content (AvgIpc) is 3.14. The summed E-state index contributed by atoms with van der Waals surface area (Å²) in [5.74, 6) is -0.489. The molecule has 0 amide bonds. The van der Waals surface area contributed by atoms with E-state index in [1.165, 1.54) is 24.3 Å². The van der Waals surface area contributed by atoms with Crippen molar-refractivity contribution in [3.8, 4) is 5.75 Å². The van der Waals surface area contributed by atoms with Crippen LogP contribution in [0.4, 0.5) is 17.6 Å². The molecule has 1 fully saturated rings. The highest BCUT2D eigenvalue weighted by molar-refractivity contribution is 5.80. The normalized spacial score (nSPS) is 17.9. The van der Waals surface area contributed by atoms with Gasteiger partial charge in [-0.2, -0.15) is 13.2 Å². The summed E-state index contributed by atoms with van der Waals surface area (Å²) in [6.45, 7) is 2.47. The van der Waals surface area contributed by atoms with Crippen molar-refractivity contribution in [2.45, 2.75) is 31.7 Å². The summed E-state index contributed by atoms with van der Waals surface area (Å²) in [5, 5.41) is 15.7. The van der Waals surface area contributed by atoms with Crippen LogP contribution >= 0.6 is 0 Å². The Bertz CT molecular complexity index is 884. The number of aliphatic imine (C=N–C) groups is 1. The molecular formula is C21H24F4N4O. The summed E-state index contributed by atoms with van der Waals surface area (Å²) in [7, 11) is 1.64. The number of rotatable bonds is 5. The highest BCUT2D eigenvalue weighted by atomic mass is 19.4. The molecule has 0 radical (unpaired) electrons. The van der Waals surface area contributed by atoms with Gasteiger partial charge in [0.15, 0.2) is 17.5 Å². The molecule has 5 nitrogen and oxygen atoms in total. The fourth-order valence-electron chi connectivity index (χ4n) is 3.39. The van der Waals surface area contributed by atoms with Gasteiger partial charge in [0.2, 0.25) is 0 Å². The molecule has 30 heavy (non-hydrogen) atoms. The number of likely N-dealkylation sites (tertiary alicyclic amines) is 1. The van der Waals surface area contributed by atoms with Crippen LogP contribution in [-0.4, -0.2) is 42.1 Å². The van der Waals surface area contributed by atoms with E-state index in [9.17, 15) is 22.7 Å². The minimum absolute atomic E-state index is 0.141. The van der Waals surface area contributed by atoms with Crippen LogP contribution in [0.25, 0.3) is 0 Å². The first-order valence-electron chi connectivity index (χ1n) is 9.57. The number of phenolic OH excluding ortho intramolecular Hbond substituents is 1. The van der Waals surface area contributed by atoms with Crippen LogP contribution in [0.15, 0.2) is 47.5 Å². The summed E-state index contributed by atoms with van der Waals surface area (Å²) in [5.41, 5.74) is 0.861. The minimum Gasteiger partial charge on any atom is -0.505 e. The number of halogens is 4. The van der Waals surface area contributed by atoms with E-state index in [4.69, 9.17) is 0 Å². The maximum atomic E-state index is 13.4. The lowest BCUT2D eigenvalue weighted by atomic mass is 10.1. The van der Waals surface area contributed by atoms with Crippen molar-refractivity contribution in [3.05, 3.63) is 65.0 Å². The first kappa shape index (κ1) is 21.9. The number of phenols is 1. The van der Waals surface area contributed by atoms with E-state index in [1.807, 2.05) is 0 Å². The monoisotopic (exact) mass is 424 g/mol. The van der Waals surface area contributed by atoms with E-state index in [0.717, 1.165) is 37.2 Å². The van der Waals surface area contributed by atoms with Crippen LogP contribution in [0.5, 0.6) is 5.75 Å². The predicted molar refractivity (Wildman–Crippen MR) is 107 cm³/mol. The summed E-state index contributed by atoms with van der Waals surface area (Å²) in [4.78, 5) is 6.34. The Kier molecular flexibility index (Phi) is 6.81. The van der Waals surface area contributed by atoms with Gasteiger partial charge in [0.1, 0.15) is 0 Å². The van der Waals surface area contributed by atoms with Crippen molar-refractivity contribution in [1.29, 1.82) is 0 Å². The van der Waals surface area contributed by atoms with E-state index in [1.54, 1.807) is 13.1 Å². The second-order valence-electron chi connectivity index (χ2n) is 7.27. The third-order valence-electron chi connectivity index (χ3n) is 5.00. The fourth-order valence-corrected chi connectivity index (χ4v) is 3.39. The smallest absolute Gasteiger partial charge is 0.416 e. The predicted octanol–water partition coefficient (Wildman–Crippen LogP) is 3.49. The van der Waals surface area contributed by atoms with Crippen LogP contribution in [0.2, 0.25) is 0 Å². The van der Waals surface area contributed by atoms with Crippen LogP contribution in [0.1, 0.15) is 23.1 Å². The standard InChI is InChI=1S/C21H24F4N4O/c1-26-20(27-11-15-4-7-19(30)18(22)10-15)28-17-8-9-29(13-17)12-14-2-5-16(6-3-14)21(23,24)25/h2-7,10,17,30H,8-9,11-13H2,1H3,(H2,26,27,28). The van der Waals surface area contributed by atoms with Crippen molar-refractivity contribution in [2.24, 2.45) is 4.99 Å². The van der Waals surface area contributed by atoms with E-state index >= 15 is 0 Å². The second-order valence-corrected chi connectivity index (χ2v) is 7.27. The third kappa shape index (κ3) is 5.85. The van der Waals surface area contributed by atoms with Crippen LogP contribution in [0, 0.1) is 5.82 Å². The van der Waals surface area contributed by atoms with Gasteiger partial charge in [0, 0.05) is 39.3 Å². The van der Waals surface area contributed by atoms with E-state index in [-0.39, 0.29) is 11.8 Å². The Morgan fingerprint density at radius 1 is 1.17 bits per heavy atom. The zero-order chi connectivity index (χ0) is 21.7. The summed E-state index contributed by atoms with van der Waals surface area (Å²) in [6, 6.07) is 9.58. The van der Waals surface area contributed by atoms with Gasteiger partial charge in [0.05, 0.1) is 5.56 Å². The molecule has 1 aliphatic heterocycles. The number of aromatic hydroxyl groups is 1. The van der Waals surface area contributed by atoms with Gasteiger partial charge in [-0.25, -0.2) is 4.39 Å². The molecule has 0 aliphatic carbocycles. The van der Waals surface area contributed by atoms with Gasteiger partial charge in [-0.3, -0.25) is 9.89 Å². The quantitative estimate of drug-likeness (QED) is 0.391. The molecule has 2 aromatic carbocycles. The molecule has 3 rings (SSSR count). The number of benzene rings is 2. The third-order valence-corrected chi connectivity index (χ3v) is 5.00. The summed E-state index contributed by atoms with van der Waals surface area (Å²) >= 11 is 0.